The number of morpholine rings is 1. The van der Waals surface area contributed by atoms with Gasteiger partial charge in [-0.3, -0.25) is 9.58 Å². The third-order valence-electron chi connectivity index (χ3n) is 4.30. The molecule has 0 N–H and O–H groups in total. The Morgan fingerprint density at radius 3 is 2.88 bits per heavy atom. The van der Waals surface area contributed by atoms with Crippen LogP contribution in [0.4, 0.5) is 0 Å². The van der Waals surface area contributed by atoms with Gasteiger partial charge in [0.15, 0.2) is 0 Å². The number of hydrogen-bond acceptors (Lipinski definition) is 6. The van der Waals surface area contributed by atoms with E-state index >= 15 is 0 Å². The molecule has 3 aromatic rings. The molecule has 0 unspecified atom stereocenters. The maximum Gasteiger partial charge on any atom is 0.247 e. The Hall–Kier alpha value is -2.51. The minimum atomic E-state index is 0.119. The zero-order valence-corrected chi connectivity index (χ0v) is 14.2. The summed E-state index contributed by atoms with van der Waals surface area (Å²) >= 11 is 0. The van der Waals surface area contributed by atoms with E-state index in [1.165, 1.54) is 5.56 Å². The van der Waals surface area contributed by atoms with Gasteiger partial charge in [0.25, 0.3) is 0 Å². The highest BCUT2D eigenvalue weighted by atomic mass is 16.5. The topological polar surface area (TPSA) is 69.2 Å². The van der Waals surface area contributed by atoms with E-state index in [1.54, 1.807) is 6.20 Å². The summed E-state index contributed by atoms with van der Waals surface area (Å²) in [5.74, 6) is 1.20. The van der Waals surface area contributed by atoms with Crippen LogP contribution in [0.3, 0.4) is 0 Å². The van der Waals surface area contributed by atoms with Gasteiger partial charge in [-0.2, -0.15) is 5.10 Å². The Bertz CT molecular complexity index is 797. The van der Waals surface area contributed by atoms with Crippen molar-refractivity contribution in [3.8, 4) is 11.5 Å². The summed E-state index contributed by atoms with van der Waals surface area (Å²) in [6.07, 6.45) is 3.85. The summed E-state index contributed by atoms with van der Waals surface area (Å²) in [5, 5.41) is 12.6. The van der Waals surface area contributed by atoms with E-state index in [0.29, 0.717) is 24.9 Å². The number of hydrogen-bond donors (Lipinski definition) is 0. The second-order valence-electron chi connectivity index (χ2n) is 6.32. The lowest BCUT2D eigenvalue weighted by molar-refractivity contribution is -0.0422. The van der Waals surface area contributed by atoms with Crippen molar-refractivity contribution in [3.63, 3.8) is 0 Å². The van der Waals surface area contributed by atoms with Crippen LogP contribution in [-0.4, -0.2) is 50.7 Å². The molecule has 2 aromatic heterocycles. The van der Waals surface area contributed by atoms with E-state index in [0.717, 1.165) is 25.2 Å². The molecular formula is C18H21N5O2. The molecule has 1 saturated heterocycles. The molecule has 1 aromatic carbocycles. The van der Waals surface area contributed by atoms with E-state index < -0.39 is 0 Å². The van der Waals surface area contributed by atoms with E-state index in [9.17, 15) is 0 Å². The van der Waals surface area contributed by atoms with Crippen LogP contribution in [0.15, 0.2) is 47.1 Å². The fourth-order valence-corrected chi connectivity index (χ4v) is 2.97. The molecule has 0 spiro atoms. The summed E-state index contributed by atoms with van der Waals surface area (Å²) in [7, 11) is 0. The minimum Gasteiger partial charge on any atom is -0.419 e. The first kappa shape index (κ1) is 16.0. The van der Waals surface area contributed by atoms with Crippen LogP contribution in [0.25, 0.3) is 11.5 Å². The molecule has 25 heavy (non-hydrogen) atoms. The van der Waals surface area contributed by atoms with E-state index in [2.05, 4.69) is 27.1 Å². The zero-order chi connectivity index (χ0) is 17.1. The van der Waals surface area contributed by atoms with Crippen molar-refractivity contribution in [2.45, 2.75) is 26.1 Å². The largest absolute Gasteiger partial charge is 0.419 e. The predicted octanol–water partition coefficient (Wildman–Crippen LogP) is 2.14. The molecule has 0 saturated carbocycles. The number of aromatic nitrogens is 4. The number of rotatable bonds is 5. The summed E-state index contributed by atoms with van der Waals surface area (Å²) < 4.78 is 13.6. The number of nitrogens with zero attached hydrogens (tertiary/aromatic N) is 5. The molecule has 1 fully saturated rings. The van der Waals surface area contributed by atoms with Crippen LogP contribution in [0.1, 0.15) is 11.5 Å². The van der Waals surface area contributed by atoms with Gasteiger partial charge >= 0.3 is 0 Å². The third-order valence-corrected chi connectivity index (χ3v) is 4.30. The first-order valence-corrected chi connectivity index (χ1v) is 8.47. The molecule has 7 nitrogen and oxygen atoms in total. The van der Waals surface area contributed by atoms with E-state index in [4.69, 9.17) is 9.15 Å². The molecular weight excluding hydrogens is 318 g/mol. The monoisotopic (exact) mass is 339 g/mol. The molecule has 130 valence electrons. The number of aryl methyl sites for hydroxylation is 1. The van der Waals surface area contributed by atoms with Crippen molar-refractivity contribution in [2.75, 3.05) is 19.7 Å². The van der Waals surface area contributed by atoms with Gasteiger partial charge in [0, 0.05) is 31.0 Å². The van der Waals surface area contributed by atoms with Crippen LogP contribution in [0.2, 0.25) is 0 Å². The van der Waals surface area contributed by atoms with Crippen molar-refractivity contribution in [1.82, 2.24) is 24.9 Å². The maximum absolute atomic E-state index is 5.84. The molecule has 1 aliphatic heterocycles. The van der Waals surface area contributed by atoms with Crippen molar-refractivity contribution >= 4 is 0 Å². The Morgan fingerprint density at radius 1 is 1.20 bits per heavy atom. The molecule has 1 atom stereocenters. The summed E-state index contributed by atoms with van der Waals surface area (Å²) in [6, 6.07) is 10.0. The van der Waals surface area contributed by atoms with Gasteiger partial charge in [-0.15, -0.1) is 10.2 Å². The molecule has 0 bridgehead atoms. The maximum atomic E-state index is 5.84. The first-order chi connectivity index (χ1) is 12.3. The van der Waals surface area contributed by atoms with Crippen LogP contribution in [0, 0.1) is 6.92 Å². The van der Waals surface area contributed by atoms with Gasteiger partial charge in [-0.1, -0.05) is 17.7 Å². The quantitative estimate of drug-likeness (QED) is 0.709. The second kappa shape index (κ2) is 7.16. The predicted molar refractivity (Wildman–Crippen MR) is 91.7 cm³/mol. The van der Waals surface area contributed by atoms with Crippen molar-refractivity contribution in [1.29, 1.82) is 0 Å². The Kier molecular flexibility index (Phi) is 4.58. The first-order valence-electron chi connectivity index (χ1n) is 8.47. The lowest BCUT2D eigenvalue weighted by Crippen LogP contribution is -2.43. The van der Waals surface area contributed by atoms with Crippen molar-refractivity contribution < 1.29 is 9.15 Å². The van der Waals surface area contributed by atoms with Gasteiger partial charge in [0.1, 0.15) is 0 Å². The number of ether oxygens (including phenoxy) is 1. The molecule has 4 rings (SSSR count). The Balaban J connectivity index is 1.37. The zero-order valence-electron chi connectivity index (χ0n) is 14.2. The highest BCUT2D eigenvalue weighted by molar-refractivity contribution is 5.52. The second-order valence-corrected chi connectivity index (χ2v) is 6.32. The SMILES string of the molecule is Cc1ccc(-c2nnc(CN3CCO[C@H](Cn4cccn4)C3)o2)cc1. The molecule has 7 heteroatoms. The Morgan fingerprint density at radius 2 is 2.08 bits per heavy atom. The van der Waals surface area contributed by atoms with Gasteiger partial charge in [-0.25, -0.2) is 0 Å². The normalized spacial score (nSPS) is 18.5. The van der Waals surface area contributed by atoms with Crippen molar-refractivity contribution in [2.24, 2.45) is 0 Å². The van der Waals surface area contributed by atoms with Crippen LogP contribution in [-0.2, 0) is 17.8 Å². The average molecular weight is 339 g/mol. The standard InChI is InChI=1S/C18H21N5O2/c1-14-3-5-15(6-4-14)18-21-20-17(25-18)13-22-9-10-24-16(11-22)12-23-8-2-7-19-23/h2-8,16H,9-13H2,1H3/t16-/m0/s1. The van der Waals surface area contributed by atoms with Crippen molar-refractivity contribution in [3.05, 3.63) is 54.2 Å². The summed E-state index contributed by atoms with van der Waals surface area (Å²) in [6.45, 7) is 5.83. The van der Waals surface area contributed by atoms with Crippen LogP contribution >= 0.6 is 0 Å². The fourth-order valence-electron chi connectivity index (χ4n) is 2.97. The average Bonchev–Trinajstić information content (AvgIpc) is 3.28. The number of benzene rings is 1. The fraction of sp³-hybridized carbons (Fsp3) is 0.389. The highest BCUT2D eigenvalue weighted by Gasteiger charge is 2.22. The van der Waals surface area contributed by atoms with Gasteiger partial charge in [0.2, 0.25) is 11.8 Å². The van der Waals surface area contributed by atoms with Gasteiger partial charge < -0.3 is 9.15 Å². The smallest absolute Gasteiger partial charge is 0.247 e. The molecule has 0 aliphatic carbocycles. The summed E-state index contributed by atoms with van der Waals surface area (Å²) in [5.41, 5.74) is 2.16. The highest BCUT2D eigenvalue weighted by Crippen LogP contribution is 2.19. The lowest BCUT2D eigenvalue weighted by Gasteiger charge is -2.31. The van der Waals surface area contributed by atoms with Crippen LogP contribution in [0.5, 0.6) is 0 Å². The van der Waals surface area contributed by atoms with E-state index in [-0.39, 0.29) is 6.10 Å². The Labute approximate surface area is 146 Å². The van der Waals surface area contributed by atoms with Crippen LogP contribution < -0.4 is 0 Å². The lowest BCUT2D eigenvalue weighted by atomic mass is 10.1. The molecule has 3 heterocycles. The van der Waals surface area contributed by atoms with E-state index in [1.807, 2.05) is 41.2 Å². The third kappa shape index (κ3) is 3.94. The summed E-state index contributed by atoms with van der Waals surface area (Å²) in [4.78, 5) is 2.28. The minimum absolute atomic E-state index is 0.119. The van der Waals surface area contributed by atoms with Gasteiger partial charge in [-0.05, 0) is 25.1 Å². The van der Waals surface area contributed by atoms with Gasteiger partial charge in [0.05, 0.1) is 25.8 Å². The molecule has 0 radical (unpaired) electrons. The molecule has 0 amide bonds. The molecule has 1 aliphatic rings.